The Balaban J connectivity index is 2.08. The van der Waals surface area contributed by atoms with Crippen LogP contribution in [0.4, 0.5) is 0 Å². The van der Waals surface area contributed by atoms with Crippen molar-refractivity contribution in [3.05, 3.63) is 126 Å². The first-order valence-corrected chi connectivity index (χ1v) is 11.6. The normalized spacial score (nSPS) is 11.2. The molecule has 0 saturated carbocycles. The minimum Gasteiger partial charge on any atom is -0.478 e. The number of rotatable bonds is 6. The Bertz CT molecular complexity index is 1050. The second-order valence-electron chi connectivity index (χ2n) is 6.95. The maximum Gasteiger partial charge on any atom is 0.339 e. The molecule has 3 heteroatoms. The van der Waals surface area contributed by atoms with Crippen LogP contribution in [0.1, 0.15) is 15.9 Å². The molecule has 0 fully saturated rings. The van der Waals surface area contributed by atoms with E-state index in [2.05, 4.69) is 36.4 Å². The first-order valence-electron chi connectivity index (χ1n) is 9.58. The molecule has 2 nitrogen and oxygen atoms in total. The van der Waals surface area contributed by atoms with Gasteiger partial charge in [-0.3, -0.25) is 0 Å². The average molecular weight is 397 g/mol. The molecule has 142 valence electrons. The van der Waals surface area contributed by atoms with Gasteiger partial charge < -0.3 is 5.11 Å². The van der Waals surface area contributed by atoms with E-state index in [-0.39, 0.29) is 0 Å². The van der Waals surface area contributed by atoms with E-state index in [1.165, 1.54) is 16.2 Å². The summed E-state index contributed by atoms with van der Waals surface area (Å²) in [7, 11) is -2.25. The number of benzene rings is 4. The molecule has 0 heterocycles. The summed E-state index contributed by atoms with van der Waals surface area (Å²) in [5, 5.41) is 13.3. The highest BCUT2D eigenvalue weighted by Crippen LogP contribution is 2.58. The second-order valence-corrected chi connectivity index (χ2v) is 10.4. The molecular weight excluding hydrogens is 375 g/mol. The van der Waals surface area contributed by atoms with Crippen LogP contribution in [0.25, 0.3) is 0 Å². The van der Waals surface area contributed by atoms with E-state index in [1.54, 1.807) is 12.1 Å². The van der Waals surface area contributed by atoms with Crippen LogP contribution >= 0.6 is 7.26 Å². The Kier molecular flexibility index (Phi) is 5.55. The zero-order chi connectivity index (χ0) is 20.1. The minimum atomic E-state index is -2.25. The van der Waals surface area contributed by atoms with E-state index in [0.717, 1.165) is 11.5 Å². The molecule has 0 unspecified atom stereocenters. The molecule has 0 radical (unpaired) electrons. The number of hydrogen-bond acceptors (Lipinski definition) is 1. The molecule has 0 aliphatic carbocycles. The van der Waals surface area contributed by atoms with Gasteiger partial charge >= 0.3 is 5.97 Å². The predicted molar refractivity (Wildman–Crippen MR) is 122 cm³/mol. The SMILES string of the molecule is O=C(O)c1ccccc1[P+](Cc1ccccc1)(c1ccccc1)c1ccccc1. The van der Waals surface area contributed by atoms with Crippen LogP contribution < -0.4 is 15.9 Å². The average Bonchev–Trinajstić information content (AvgIpc) is 2.79. The fraction of sp³-hybridized carbons (Fsp3) is 0.0385. The highest BCUT2D eigenvalue weighted by atomic mass is 31.2. The Morgan fingerprint density at radius 3 is 1.59 bits per heavy atom. The summed E-state index contributed by atoms with van der Waals surface area (Å²) in [6.07, 6.45) is 0.770. The fourth-order valence-corrected chi connectivity index (χ4v) is 8.34. The Morgan fingerprint density at radius 1 is 0.621 bits per heavy atom. The first-order chi connectivity index (χ1) is 14.2. The van der Waals surface area contributed by atoms with Gasteiger partial charge in [0.2, 0.25) is 0 Å². The van der Waals surface area contributed by atoms with Crippen LogP contribution in [-0.4, -0.2) is 11.1 Å². The van der Waals surface area contributed by atoms with Crippen molar-refractivity contribution in [2.45, 2.75) is 6.16 Å². The van der Waals surface area contributed by atoms with Gasteiger partial charge in [-0.05, 0) is 42.0 Å². The van der Waals surface area contributed by atoms with Gasteiger partial charge in [0.1, 0.15) is 28.7 Å². The second kappa shape index (κ2) is 8.43. The van der Waals surface area contributed by atoms with Gasteiger partial charge in [0, 0.05) is 0 Å². The van der Waals surface area contributed by atoms with Crippen molar-refractivity contribution in [1.29, 1.82) is 0 Å². The van der Waals surface area contributed by atoms with Crippen molar-refractivity contribution < 1.29 is 9.90 Å². The summed E-state index contributed by atoms with van der Waals surface area (Å²) in [5.41, 5.74) is 1.58. The van der Waals surface area contributed by atoms with Crippen molar-refractivity contribution in [3.63, 3.8) is 0 Å². The van der Waals surface area contributed by atoms with Crippen LogP contribution in [0, 0.1) is 0 Å². The van der Waals surface area contributed by atoms with Crippen LogP contribution in [0.5, 0.6) is 0 Å². The smallest absolute Gasteiger partial charge is 0.339 e. The molecule has 0 aromatic heterocycles. The third-order valence-electron chi connectivity index (χ3n) is 5.20. The number of carbonyl (C=O) groups is 1. The van der Waals surface area contributed by atoms with Crippen molar-refractivity contribution in [2.75, 3.05) is 0 Å². The van der Waals surface area contributed by atoms with Gasteiger partial charge in [0.15, 0.2) is 0 Å². The zero-order valence-electron chi connectivity index (χ0n) is 16.0. The van der Waals surface area contributed by atoms with Crippen molar-refractivity contribution in [2.24, 2.45) is 0 Å². The predicted octanol–water partition coefficient (Wildman–Crippen LogP) is 4.88. The molecule has 4 rings (SSSR count). The van der Waals surface area contributed by atoms with E-state index in [1.807, 2.05) is 66.7 Å². The van der Waals surface area contributed by atoms with Gasteiger partial charge in [-0.15, -0.1) is 0 Å². The van der Waals surface area contributed by atoms with Crippen molar-refractivity contribution in [1.82, 2.24) is 0 Å². The summed E-state index contributed by atoms with van der Waals surface area (Å²) >= 11 is 0. The van der Waals surface area contributed by atoms with Gasteiger partial charge in [0.25, 0.3) is 0 Å². The molecule has 0 amide bonds. The van der Waals surface area contributed by atoms with Crippen LogP contribution in [-0.2, 0) is 6.16 Å². The number of carboxylic acids is 1. The molecule has 0 bridgehead atoms. The van der Waals surface area contributed by atoms with E-state index in [9.17, 15) is 9.90 Å². The van der Waals surface area contributed by atoms with Gasteiger partial charge in [-0.1, -0.05) is 78.9 Å². The number of carboxylic acid groups (broad SMARTS) is 1. The Labute approximate surface area is 171 Å². The van der Waals surface area contributed by atoms with Gasteiger partial charge in [-0.25, -0.2) is 4.79 Å². The molecule has 4 aromatic rings. The van der Waals surface area contributed by atoms with E-state index in [4.69, 9.17) is 0 Å². The van der Waals surface area contributed by atoms with E-state index >= 15 is 0 Å². The van der Waals surface area contributed by atoms with Crippen molar-refractivity contribution in [3.8, 4) is 0 Å². The van der Waals surface area contributed by atoms with Gasteiger partial charge in [-0.2, -0.15) is 0 Å². The van der Waals surface area contributed by atoms with Crippen LogP contribution in [0.3, 0.4) is 0 Å². The zero-order valence-corrected chi connectivity index (χ0v) is 16.9. The largest absolute Gasteiger partial charge is 0.478 e. The summed E-state index contributed by atoms with van der Waals surface area (Å²) < 4.78 is 0. The lowest BCUT2D eigenvalue weighted by atomic mass is 10.2. The standard InChI is InChI=1S/C26H21O2P/c27-26(28)24-18-10-11-19-25(24)29(22-14-6-2-7-15-22,23-16-8-3-9-17-23)20-21-12-4-1-5-13-21/h1-19H,20H2/p+1. The minimum absolute atomic E-state index is 0.379. The van der Waals surface area contributed by atoms with E-state index < -0.39 is 13.2 Å². The number of aromatic carboxylic acids is 1. The summed E-state index contributed by atoms with van der Waals surface area (Å²) in [5.74, 6) is -0.884. The van der Waals surface area contributed by atoms with Crippen molar-refractivity contribution >= 4 is 29.1 Å². The van der Waals surface area contributed by atoms with E-state index in [0.29, 0.717) is 5.56 Å². The molecule has 1 N–H and O–H groups in total. The topological polar surface area (TPSA) is 37.3 Å². The molecule has 4 aromatic carbocycles. The Morgan fingerprint density at radius 2 is 1.07 bits per heavy atom. The van der Waals surface area contributed by atoms with Crippen LogP contribution in [0.2, 0.25) is 0 Å². The summed E-state index contributed by atoms with van der Waals surface area (Å²) in [4.78, 5) is 12.2. The molecule has 0 spiro atoms. The molecule has 0 saturated heterocycles. The molecule has 0 atom stereocenters. The monoisotopic (exact) mass is 397 g/mol. The molecular formula is C26H22O2P+. The fourth-order valence-electron chi connectivity index (χ4n) is 3.90. The number of hydrogen-bond donors (Lipinski definition) is 1. The lowest BCUT2D eigenvalue weighted by Gasteiger charge is -2.28. The highest BCUT2D eigenvalue weighted by Gasteiger charge is 2.47. The summed E-state index contributed by atoms with van der Waals surface area (Å²) in [6.45, 7) is 0. The lowest BCUT2D eigenvalue weighted by molar-refractivity contribution is 0.0698. The molecule has 0 aliphatic rings. The van der Waals surface area contributed by atoms with Crippen LogP contribution in [0.15, 0.2) is 115 Å². The quantitative estimate of drug-likeness (QED) is 0.471. The highest BCUT2D eigenvalue weighted by molar-refractivity contribution is 7.95. The first kappa shape index (κ1) is 19.1. The van der Waals surface area contributed by atoms with Gasteiger partial charge in [0.05, 0.1) is 6.16 Å². The maximum atomic E-state index is 12.2. The Hall–Kier alpha value is -3.22. The lowest BCUT2D eigenvalue weighted by Crippen LogP contribution is -2.35. The third kappa shape index (κ3) is 3.72. The third-order valence-corrected chi connectivity index (χ3v) is 9.61. The molecule has 29 heavy (non-hydrogen) atoms. The summed E-state index contributed by atoms with van der Waals surface area (Å²) in [6, 6.07) is 38.6. The molecule has 0 aliphatic heterocycles. The maximum absolute atomic E-state index is 12.2.